The van der Waals surface area contributed by atoms with Crippen LogP contribution in [0.3, 0.4) is 0 Å². The molecule has 6 heteroatoms. The van der Waals surface area contributed by atoms with E-state index in [2.05, 4.69) is 36.5 Å². The van der Waals surface area contributed by atoms with Gasteiger partial charge in [-0.2, -0.15) is 0 Å². The molecule has 1 N–H and O–H groups in total. The van der Waals surface area contributed by atoms with E-state index in [-0.39, 0.29) is 47.8 Å². The third-order valence-corrected chi connectivity index (χ3v) is 9.99. The highest BCUT2D eigenvalue weighted by molar-refractivity contribution is 5.76. The zero-order chi connectivity index (χ0) is 26.6. The van der Waals surface area contributed by atoms with Crippen LogP contribution in [0.4, 0.5) is 9.18 Å². The molecule has 10 atom stereocenters. The van der Waals surface area contributed by atoms with Gasteiger partial charge in [0.15, 0.2) is 0 Å². The van der Waals surface area contributed by atoms with Crippen LogP contribution < -0.4 is 5.32 Å². The highest BCUT2D eigenvalue weighted by atomic mass is 19.1. The summed E-state index contributed by atoms with van der Waals surface area (Å²) in [6, 6.07) is 7.00. The van der Waals surface area contributed by atoms with Gasteiger partial charge in [-0.1, -0.05) is 43.4 Å². The molecule has 4 fully saturated rings. The van der Waals surface area contributed by atoms with Gasteiger partial charge in [0.1, 0.15) is 11.9 Å². The lowest BCUT2D eigenvalue weighted by molar-refractivity contribution is -0.144. The lowest BCUT2D eigenvalue weighted by Crippen LogP contribution is -2.48. The first kappa shape index (κ1) is 25.4. The number of fused-ring (bicyclic) bond motifs is 3. The molecule has 0 spiro atoms. The molecule has 0 bridgehead atoms. The Morgan fingerprint density at radius 1 is 1.18 bits per heavy atom. The SMILES string of the molecule is CCOC(=O)N[C@@H]1CC[C@H]2[C@H](C1)C[C@@H]1C(=O)O[C@@H](C)[C@@H]1[C@@H]2/C=C/C1=CC=C(c2cccc(F)c2)C2C(C)C12. The van der Waals surface area contributed by atoms with Gasteiger partial charge in [0.05, 0.1) is 12.5 Å². The summed E-state index contributed by atoms with van der Waals surface area (Å²) in [6.07, 6.45) is 12.3. The van der Waals surface area contributed by atoms with Crippen LogP contribution in [0.5, 0.6) is 0 Å². The summed E-state index contributed by atoms with van der Waals surface area (Å²) < 4.78 is 24.7. The smallest absolute Gasteiger partial charge is 0.407 e. The van der Waals surface area contributed by atoms with E-state index in [0.717, 1.165) is 31.2 Å². The maximum absolute atomic E-state index is 13.9. The molecule has 0 aromatic heterocycles. The van der Waals surface area contributed by atoms with E-state index < -0.39 is 0 Å². The van der Waals surface area contributed by atoms with Gasteiger partial charge in [-0.05, 0) is 104 Å². The molecule has 4 aliphatic carbocycles. The zero-order valence-corrected chi connectivity index (χ0v) is 22.4. The first-order valence-corrected chi connectivity index (χ1v) is 14.3. The number of ether oxygens (including phenoxy) is 2. The summed E-state index contributed by atoms with van der Waals surface area (Å²) in [5, 5.41) is 3.03. The molecule has 3 unspecified atom stereocenters. The van der Waals surface area contributed by atoms with Crippen molar-refractivity contribution >= 4 is 17.6 Å². The number of alkyl carbamates (subject to hydrolysis) is 1. The molecule has 1 aliphatic heterocycles. The summed E-state index contributed by atoms with van der Waals surface area (Å²) in [5.41, 5.74) is 3.54. The van der Waals surface area contributed by atoms with Crippen molar-refractivity contribution in [3.05, 3.63) is 65.5 Å². The molecule has 1 aromatic rings. The van der Waals surface area contributed by atoms with Gasteiger partial charge in [0.25, 0.3) is 0 Å². The number of esters is 1. The number of rotatable bonds is 5. The van der Waals surface area contributed by atoms with Crippen molar-refractivity contribution in [3.8, 4) is 0 Å². The molecule has 38 heavy (non-hydrogen) atoms. The minimum Gasteiger partial charge on any atom is -0.462 e. The number of halogens is 1. The van der Waals surface area contributed by atoms with Crippen molar-refractivity contribution in [2.75, 3.05) is 6.61 Å². The minimum absolute atomic E-state index is 0.0599. The van der Waals surface area contributed by atoms with Gasteiger partial charge in [-0.3, -0.25) is 4.79 Å². The van der Waals surface area contributed by atoms with Crippen LogP contribution in [-0.4, -0.2) is 30.8 Å². The number of carbonyl (C=O) groups is 2. The quantitative estimate of drug-likeness (QED) is 0.463. The second kappa shape index (κ2) is 10.0. The first-order chi connectivity index (χ1) is 18.4. The highest BCUT2D eigenvalue weighted by Gasteiger charge is 2.55. The summed E-state index contributed by atoms with van der Waals surface area (Å²) in [7, 11) is 0. The van der Waals surface area contributed by atoms with Gasteiger partial charge in [-0.25, -0.2) is 9.18 Å². The van der Waals surface area contributed by atoms with Gasteiger partial charge >= 0.3 is 12.1 Å². The molecule has 5 nitrogen and oxygen atoms in total. The average Bonchev–Trinajstić information content (AvgIpc) is 3.48. The van der Waals surface area contributed by atoms with E-state index in [1.165, 1.54) is 17.2 Å². The van der Waals surface area contributed by atoms with E-state index >= 15 is 0 Å². The van der Waals surface area contributed by atoms with Crippen molar-refractivity contribution in [3.63, 3.8) is 0 Å². The topological polar surface area (TPSA) is 64.6 Å². The number of nitrogens with one attached hydrogen (secondary N) is 1. The molecule has 1 amide bonds. The lowest BCUT2D eigenvalue weighted by Gasteiger charge is -2.47. The summed E-state index contributed by atoms with van der Waals surface area (Å²) in [4.78, 5) is 24.8. The summed E-state index contributed by atoms with van der Waals surface area (Å²) in [5.74, 6) is 2.38. The second-order valence-corrected chi connectivity index (χ2v) is 12.0. The van der Waals surface area contributed by atoms with Crippen LogP contribution in [0.1, 0.15) is 52.0 Å². The van der Waals surface area contributed by atoms with E-state index in [4.69, 9.17) is 9.47 Å². The normalized spacial score (nSPS) is 39.3. The predicted molar refractivity (Wildman–Crippen MR) is 143 cm³/mol. The number of allylic oxidation sites excluding steroid dienone is 6. The van der Waals surface area contributed by atoms with E-state index in [9.17, 15) is 14.0 Å². The highest BCUT2D eigenvalue weighted by Crippen LogP contribution is 2.60. The summed E-state index contributed by atoms with van der Waals surface area (Å²) >= 11 is 0. The molecule has 0 radical (unpaired) electrons. The fourth-order valence-corrected chi connectivity index (χ4v) is 8.29. The van der Waals surface area contributed by atoms with Crippen LogP contribution >= 0.6 is 0 Å². The lowest BCUT2D eigenvalue weighted by atomic mass is 9.57. The Morgan fingerprint density at radius 3 is 2.82 bits per heavy atom. The maximum Gasteiger partial charge on any atom is 0.407 e. The third-order valence-electron chi connectivity index (χ3n) is 9.99. The molecule has 6 rings (SSSR count). The molecule has 1 aromatic carbocycles. The molecule has 1 saturated heterocycles. The van der Waals surface area contributed by atoms with Gasteiger partial charge in [0, 0.05) is 12.0 Å². The van der Waals surface area contributed by atoms with E-state index in [1.807, 2.05) is 19.9 Å². The first-order valence-electron chi connectivity index (χ1n) is 14.3. The number of carbonyl (C=O) groups excluding carboxylic acids is 2. The Morgan fingerprint density at radius 2 is 2.03 bits per heavy atom. The Hall–Kier alpha value is -2.89. The second-order valence-electron chi connectivity index (χ2n) is 12.0. The van der Waals surface area contributed by atoms with Crippen LogP contribution in [0, 0.1) is 53.2 Å². The van der Waals surface area contributed by atoms with Crippen LogP contribution in [0.15, 0.2) is 54.1 Å². The van der Waals surface area contributed by atoms with Crippen LogP contribution in [-0.2, 0) is 14.3 Å². The van der Waals surface area contributed by atoms with Crippen LogP contribution in [0.2, 0.25) is 0 Å². The number of hydrogen-bond donors (Lipinski definition) is 1. The Bertz CT molecular complexity index is 1200. The van der Waals surface area contributed by atoms with Gasteiger partial charge < -0.3 is 14.8 Å². The molecule has 5 aliphatic rings. The molecular weight excluding hydrogens is 481 g/mol. The minimum atomic E-state index is -0.349. The number of benzene rings is 1. The molecule has 1 heterocycles. The van der Waals surface area contributed by atoms with Crippen molar-refractivity contribution in [1.29, 1.82) is 0 Å². The average molecular weight is 520 g/mol. The fourth-order valence-electron chi connectivity index (χ4n) is 8.29. The van der Waals surface area contributed by atoms with Crippen molar-refractivity contribution < 1.29 is 23.5 Å². The Kier molecular flexibility index (Phi) is 6.69. The number of cyclic esters (lactones) is 1. The van der Waals surface area contributed by atoms with Crippen molar-refractivity contribution in [2.24, 2.45) is 47.3 Å². The fraction of sp³-hybridized carbons (Fsp3) is 0.562. The Labute approximate surface area is 224 Å². The zero-order valence-electron chi connectivity index (χ0n) is 22.4. The summed E-state index contributed by atoms with van der Waals surface area (Å²) in [6.45, 7) is 6.50. The maximum atomic E-state index is 13.9. The monoisotopic (exact) mass is 519 g/mol. The van der Waals surface area contributed by atoms with E-state index in [1.54, 1.807) is 12.1 Å². The largest absolute Gasteiger partial charge is 0.462 e. The van der Waals surface area contributed by atoms with Crippen LogP contribution in [0.25, 0.3) is 5.57 Å². The van der Waals surface area contributed by atoms with Crippen molar-refractivity contribution in [2.45, 2.75) is 58.6 Å². The van der Waals surface area contributed by atoms with E-state index in [0.29, 0.717) is 36.2 Å². The third kappa shape index (κ3) is 4.50. The van der Waals surface area contributed by atoms with Gasteiger partial charge in [0.2, 0.25) is 0 Å². The standard InChI is InChI=1S/C32H38FNO4/c1-4-37-32(36)34-23-10-13-24-21(15-23)16-27-30(18(3)38-31(27)35)26(24)12-9-19-8-11-25(29-17(2)28(19)29)20-6-5-7-22(33)14-20/h5-9,11-12,14,17-18,21,23-24,26-30H,4,10,13,15-16H2,1-3H3,(H,34,36)/b12-9+/t17?,18-,21+,23+,24-,26+,27-,28?,29?,30+/m0/s1. The number of hydrogen-bond acceptors (Lipinski definition) is 4. The van der Waals surface area contributed by atoms with Gasteiger partial charge in [-0.15, -0.1) is 0 Å². The van der Waals surface area contributed by atoms with Crippen molar-refractivity contribution in [1.82, 2.24) is 5.32 Å². The molecule has 202 valence electrons. The number of amides is 1. The Balaban J connectivity index is 1.24. The molecule has 3 saturated carbocycles. The molecular formula is C32H38FNO4. The predicted octanol–water partition coefficient (Wildman–Crippen LogP) is 6.32.